The third kappa shape index (κ3) is 7.79. The lowest BCUT2D eigenvalue weighted by atomic mass is 9.79. The minimum Gasteiger partial charge on any atom is -0.458 e. The number of carbonyl (C=O) groups is 1. The first kappa shape index (κ1) is 30.7. The molecule has 0 unspecified atom stereocenters. The van der Waals surface area contributed by atoms with Gasteiger partial charge in [0.25, 0.3) is 0 Å². The van der Waals surface area contributed by atoms with E-state index in [2.05, 4.69) is 84.4 Å². The quantitative estimate of drug-likeness (QED) is 0.174. The lowest BCUT2D eigenvalue weighted by molar-refractivity contribution is -0.225. The van der Waals surface area contributed by atoms with Crippen molar-refractivity contribution in [3.05, 3.63) is 75.4 Å². The Morgan fingerprint density at radius 3 is 2.63 bits per heavy atom. The Morgan fingerprint density at radius 1 is 1.00 bits per heavy atom. The van der Waals surface area contributed by atoms with E-state index in [1.807, 2.05) is 12.1 Å². The van der Waals surface area contributed by atoms with Crippen LogP contribution in [0.5, 0.6) is 0 Å². The highest BCUT2D eigenvalue weighted by atomic mass is 127. The van der Waals surface area contributed by atoms with Gasteiger partial charge in [0.1, 0.15) is 6.10 Å². The predicted octanol–water partition coefficient (Wildman–Crippen LogP) is 7.64. The summed E-state index contributed by atoms with van der Waals surface area (Å²) in [5.74, 6) is -0.232. The van der Waals surface area contributed by atoms with E-state index in [0.717, 1.165) is 48.8 Å². The molecule has 0 aromatic heterocycles. The van der Waals surface area contributed by atoms with Gasteiger partial charge in [0.2, 0.25) is 0 Å². The minimum atomic E-state index is -0.391. The van der Waals surface area contributed by atoms with Crippen molar-refractivity contribution in [2.45, 2.75) is 102 Å². The van der Waals surface area contributed by atoms with Gasteiger partial charge >= 0.3 is 5.97 Å². The number of esters is 1. The molecular formula is C34H43IO6. The van der Waals surface area contributed by atoms with Gasteiger partial charge in [-0.2, -0.15) is 0 Å². The van der Waals surface area contributed by atoms with Gasteiger partial charge in [0.05, 0.1) is 37.1 Å². The number of hydrogen-bond acceptors (Lipinski definition) is 6. The van der Waals surface area contributed by atoms with Crippen LogP contribution in [-0.4, -0.2) is 49.2 Å². The summed E-state index contributed by atoms with van der Waals surface area (Å²) in [5, 5.41) is 0. The molecule has 222 valence electrons. The van der Waals surface area contributed by atoms with Crippen molar-refractivity contribution < 1.29 is 28.5 Å². The highest BCUT2D eigenvalue weighted by Gasteiger charge is 2.43. The molecule has 4 aliphatic rings. The smallest absolute Gasteiger partial charge is 0.330 e. The van der Waals surface area contributed by atoms with Crippen LogP contribution in [0, 0.1) is 11.8 Å². The Hall–Kier alpha value is -1.78. The topological polar surface area (TPSA) is 63.2 Å². The normalized spacial score (nSPS) is 38.0. The Kier molecular flexibility index (Phi) is 10.6. The van der Waals surface area contributed by atoms with Gasteiger partial charge in [0.15, 0.2) is 6.29 Å². The molecule has 1 aromatic rings. The minimum absolute atomic E-state index is 0.0102. The van der Waals surface area contributed by atoms with Crippen molar-refractivity contribution >= 4 is 34.6 Å². The highest BCUT2D eigenvalue weighted by Crippen LogP contribution is 2.38. The van der Waals surface area contributed by atoms with Crippen LogP contribution in [0.3, 0.4) is 0 Å². The first-order valence-corrected chi connectivity index (χ1v) is 16.2. The third-order valence-electron chi connectivity index (χ3n) is 8.78. The number of halogens is 1. The molecule has 3 fully saturated rings. The number of benzene rings is 1. The Morgan fingerprint density at radius 2 is 1.80 bits per heavy atom. The van der Waals surface area contributed by atoms with Crippen molar-refractivity contribution in [3.8, 4) is 0 Å². The van der Waals surface area contributed by atoms with Gasteiger partial charge in [-0.1, -0.05) is 85.0 Å². The van der Waals surface area contributed by atoms with Gasteiger partial charge in [-0.25, -0.2) is 4.79 Å². The lowest BCUT2D eigenvalue weighted by Crippen LogP contribution is -2.50. The molecule has 5 rings (SSSR count). The standard InChI is InChI=1S/C34H43IO6/c1-21-16-27-11-7-13-31(36)41-33-23(3)30(40-32(24(33)4)22(2)20-35)12-6-9-25-8-5-10-26(18-25)34-37-15-14-28(39-34)19-29(17-21)38-27/h5-10,13,18,20,23-24,27-30,32-34H,1,11-12,14-17,19H2,2-4H3/b9-6?,13-7+,22-20+/t23-,24-,27-,28-,29+,30+,32-,33-,34-/m0/s1. The SMILES string of the molecule is C=C1C[C@@H]2C[C@@H]3CCO[C@@H](O3)c3cccc(c3)C=CC[C@H]3O[C@@H](/C(C)=C/I)[C@H](C)[C@@H](OC(=O)/C=C/C[C@@H](C1)O2)[C@H]3C. The molecule has 0 amide bonds. The van der Waals surface area contributed by atoms with E-state index in [4.69, 9.17) is 23.7 Å². The maximum Gasteiger partial charge on any atom is 0.330 e. The molecule has 0 spiro atoms. The van der Waals surface area contributed by atoms with E-state index in [9.17, 15) is 4.79 Å². The van der Waals surface area contributed by atoms with E-state index >= 15 is 0 Å². The van der Waals surface area contributed by atoms with Crippen LogP contribution < -0.4 is 0 Å². The second kappa shape index (κ2) is 14.1. The van der Waals surface area contributed by atoms with E-state index in [0.29, 0.717) is 13.0 Å². The monoisotopic (exact) mass is 674 g/mol. The van der Waals surface area contributed by atoms with Crippen LogP contribution in [0.2, 0.25) is 0 Å². The Labute approximate surface area is 258 Å². The second-order valence-electron chi connectivity index (χ2n) is 12.0. The number of fused-ring (bicyclic) bond motifs is 9. The highest BCUT2D eigenvalue weighted by molar-refractivity contribution is 14.1. The molecule has 0 radical (unpaired) electrons. The molecule has 7 heteroatoms. The molecular weight excluding hydrogens is 631 g/mol. The van der Waals surface area contributed by atoms with Crippen LogP contribution in [0.25, 0.3) is 6.08 Å². The van der Waals surface area contributed by atoms with Crippen LogP contribution in [0.4, 0.5) is 0 Å². The molecule has 4 heterocycles. The van der Waals surface area contributed by atoms with E-state index in [1.165, 1.54) is 5.57 Å². The molecule has 4 aliphatic heterocycles. The van der Waals surface area contributed by atoms with Crippen molar-refractivity contribution in [2.24, 2.45) is 11.8 Å². The summed E-state index contributed by atoms with van der Waals surface area (Å²) in [6, 6.07) is 8.34. The first-order valence-electron chi connectivity index (χ1n) is 15.0. The zero-order chi connectivity index (χ0) is 28.9. The zero-order valence-corrected chi connectivity index (χ0v) is 26.5. The summed E-state index contributed by atoms with van der Waals surface area (Å²) < 4.78 is 33.7. The maximum atomic E-state index is 13.0. The fourth-order valence-corrected chi connectivity index (χ4v) is 6.96. The molecule has 1 aromatic carbocycles. The zero-order valence-electron chi connectivity index (χ0n) is 24.4. The first-order chi connectivity index (χ1) is 19.8. The average molecular weight is 675 g/mol. The average Bonchev–Trinajstić information content (AvgIpc) is 2.95. The molecule has 6 nitrogen and oxygen atoms in total. The summed E-state index contributed by atoms with van der Waals surface area (Å²) in [5.41, 5.74) is 4.43. The number of rotatable bonds is 1. The lowest BCUT2D eigenvalue weighted by Gasteiger charge is -2.44. The summed E-state index contributed by atoms with van der Waals surface area (Å²) in [6.07, 6.45) is 11.6. The molecule has 0 N–H and O–H groups in total. The van der Waals surface area contributed by atoms with Crippen LogP contribution in [-0.2, 0) is 28.5 Å². The van der Waals surface area contributed by atoms with E-state index in [1.54, 1.807) is 6.08 Å². The Bertz CT molecular complexity index is 1170. The van der Waals surface area contributed by atoms with Crippen molar-refractivity contribution in [3.63, 3.8) is 0 Å². The summed E-state index contributed by atoms with van der Waals surface area (Å²) in [4.78, 5) is 13.0. The molecule has 0 saturated carbocycles. The van der Waals surface area contributed by atoms with Gasteiger partial charge in [-0.05, 0) is 60.3 Å². The van der Waals surface area contributed by atoms with Gasteiger partial charge in [-0.3, -0.25) is 0 Å². The van der Waals surface area contributed by atoms with Crippen LogP contribution in [0.15, 0.2) is 64.3 Å². The van der Waals surface area contributed by atoms with Crippen LogP contribution >= 0.6 is 22.6 Å². The molecule has 3 saturated heterocycles. The van der Waals surface area contributed by atoms with Gasteiger partial charge < -0.3 is 23.7 Å². The Balaban J connectivity index is 1.42. The second-order valence-corrected chi connectivity index (χ2v) is 12.7. The fourth-order valence-electron chi connectivity index (χ4n) is 6.61. The third-order valence-corrected chi connectivity index (χ3v) is 9.76. The van der Waals surface area contributed by atoms with Gasteiger partial charge in [-0.15, -0.1) is 0 Å². The van der Waals surface area contributed by atoms with Crippen molar-refractivity contribution in [1.29, 1.82) is 0 Å². The maximum absolute atomic E-state index is 13.0. The summed E-state index contributed by atoms with van der Waals surface area (Å²) in [7, 11) is 0. The molecule has 8 bridgehead atoms. The summed E-state index contributed by atoms with van der Waals surface area (Å²) >= 11 is 2.26. The largest absolute Gasteiger partial charge is 0.458 e. The fraction of sp³-hybridized carbons (Fsp3) is 0.559. The van der Waals surface area contributed by atoms with Crippen LogP contribution in [0.1, 0.15) is 76.7 Å². The molecule has 9 atom stereocenters. The van der Waals surface area contributed by atoms with Crippen molar-refractivity contribution in [2.75, 3.05) is 6.61 Å². The molecule has 41 heavy (non-hydrogen) atoms. The number of ether oxygens (including phenoxy) is 5. The van der Waals surface area contributed by atoms with Gasteiger partial charge in [0, 0.05) is 29.9 Å². The van der Waals surface area contributed by atoms with E-state index < -0.39 is 6.29 Å². The van der Waals surface area contributed by atoms with Crippen molar-refractivity contribution in [1.82, 2.24) is 0 Å². The number of carbonyl (C=O) groups excluding carboxylic acids is 1. The predicted molar refractivity (Wildman–Crippen MR) is 168 cm³/mol. The van der Waals surface area contributed by atoms with E-state index in [-0.39, 0.29) is 54.4 Å². The molecule has 0 aliphatic carbocycles. The summed E-state index contributed by atoms with van der Waals surface area (Å²) in [6.45, 7) is 11.3. The number of hydrogen-bond donors (Lipinski definition) is 0.